The van der Waals surface area contributed by atoms with Crippen LogP contribution in [-0.2, 0) is 9.63 Å². The van der Waals surface area contributed by atoms with Crippen LogP contribution in [0, 0.1) is 17.6 Å². The van der Waals surface area contributed by atoms with Gasteiger partial charge in [0.25, 0.3) is 5.91 Å². The van der Waals surface area contributed by atoms with Crippen LogP contribution in [-0.4, -0.2) is 47.0 Å². The molecule has 2 aliphatic heterocycles. The van der Waals surface area contributed by atoms with Gasteiger partial charge in [0, 0.05) is 5.56 Å². The number of halogens is 2. The molecule has 3 fully saturated rings. The number of carbonyl (C=O) groups is 2. The van der Waals surface area contributed by atoms with Crippen molar-refractivity contribution in [1.29, 1.82) is 0 Å². The molecule has 1 aromatic carbocycles. The number of hydrogen-bond acceptors (Lipinski definition) is 3. The lowest BCUT2D eigenvalue weighted by atomic mass is 9.90. The van der Waals surface area contributed by atoms with Crippen molar-refractivity contribution in [2.45, 2.75) is 24.9 Å². The molecule has 1 aliphatic carbocycles. The summed E-state index contributed by atoms with van der Waals surface area (Å²) in [5, 5.41) is 1.43. The third-order valence-corrected chi connectivity index (χ3v) is 4.59. The lowest BCUT2D eigenvalue weighted by Crippen LogP contribution is -2.63. The van der Waals surface area contributed by atoms with Crippen LogP contribution in [0.15, 0.2) is 18.2 Å². The summed E-state index contributed by atoms with van der Waals surface area (Å²) in [7, 11) is 0. The van der Waals surface area contributed by atoms with Gasteiger partial charge in [0.1, 0.15) is 5.60 Å². The average molecular weight is 322 g/mol. The number of benzene rings is 1. The van der Waals surface area contributed by atoms with Gasteiger partial charge in [-0.1, -0.05) is 0 Å². The molecular weight excluding hydrogens is 306 g/mol. The van der Waals surface area contributed by atoms with Gasteiger partial charge in [-0.05, 0) is 37.0 Å². The third-order valence-electron chi connectivity index (χ3n) is 4.59. The minimum absolute atomic E-state index is 0.0446. The summed E-state index contributed by atoms with van der Waals surface area (Å²) in [5.74, 6) is -1.92. The minimum atomic E-state index is -1.05. The van der Waals surface area contributed by atoms with Crippen molar-refractivity contribution in [1.82, 2.24) is 9.96 Å². The first-order valence-corrected chi connectivity index (χ1v) is 7.70. The van der Waals surface area contributed by atoms with Crippen molar-refractivity contribution < 1.29 is 23.2 Å². The number of hydrogen-bond donors (Lipinski definition) is 0. The molecule has 23 heavy (non-hydrogen) atoms. The Balaban J connectivity index is 1.39. The highest BCUT2D eigenvalue weighted by Gasteiger charge is 2.55. The van der Waals surface area contributed by atoms with Gasteiger partial charge in [0.05, 0.1) is 26.1 Å². The molecule has 0 unspecified atom stereocenters. The van der Waals surface area contributed by atoms with Crippen molar-refractivity contribution >= 4 is 11.8 Å². The predicted molar refractivity (Wildman–Crippen MR) is 75.1 cm³/mol. The molecule has 3 aliphatic rings. The number of amides is 2. The maximum absolute atomic E-state index is 13.2. The molecule has 2 amide bonds. The van der Waals surface area contributed by atoms with Crippen LogP contribution < -0.4 is 0 Å². The standard InChI is InChI=1S/C16H16F2N2O3/c17-12-4-3-11(5-13(12)18)15(22)19-8-16(9-19)6-14(21)20(23-16)7-10-1-2-10/h3-5,10H,1-2,6-9H2. The minimum Gasteiger partial charge on any atom is -0.332 e. The largest absolute Gasteiger partial charge is 0.332 e. The lowest BCUT2D eigenvalue weighted by molar-refractivity contribution is -0.230. The van der Waals surface area contributed by atoms with Gasteiger partial charge < -0.3 is 4.90 Å². The number of nitrogens with zero attached hydrogens (tertiary/aromatic N) is 2. The normalized spacial score (nSPS) is 22.6. The Hall–Kier alpha value is -2.02. The summed E-state index contributed by atoms with van der Waals surface area (Å²) < 4.78 is 26.2. The number of hydroxylamine groups is 2. The maximum Gasteiger partial charge on any atom is 0.254 e. The highest BCUT2D eigenvalue weighted by atomic mass is 19.2. The van der Waals surface area contributed by atoms with Crippen molar-refractivity contribution in [3.63, 3.8) is 0 Å². The van der Waals surface area contributed by atoms with Crippen LogP contribution in [0.25, 0.3) is 0 Å². The molecule has 2 saturated heterocycles. The topological polar surface area (TPSA) is 49.9 Å². The summed E-state index contributed by atoms with van der Waals surface area (Å²) in [4.78, 5) is 31.5. The van der Waals surface area contributed by atoms with E-state index in [4.69, 9.17) is 4.84 Å². The van der Waals surface area contributed by atoms with E-state index >= 15 is 0 Å². The Labute approximate surface area is 131 Å². The summed E-state index contributed by atoms with van der Waals surface area (Å²) >= 11 is 0. The fourth-order valence-electron chi connectivity index (χ4n) is 3.13. The van der Waals surface area contributed by atoms with E-state index in [1.165, 1.54) is 16.0 Å². The Morgan fingerprint density at radius 3 is 2.65 bits per heavy atom. The molecule has 122 valence electrons. The number of rotatable bonds is 3. The SMILES string of the molecule is O=C(c1ccc(F)c(F)c1)N1CC2(CC(=O)N(CC3CC3)O2)C1. The summed E-state index contributed by atoms with van der Waals surface area (Å²) in [5.41, 5.74) is -0.543. The lowest BCUT2D eigenvalue weighted by Gasteiger charge is -2.45. The summed E-state index contributed by atoms with van der Waals surface area (Å²) in [6.45, 7) is 1.20. The van der Waals surface area contributed by atoms with Crippen molar-refractivity contribution in [3.05, 3.63) is 35.4 Å². The smallest absolute Gasteiger partial charge is 0.254 e. The Morgan fingerprint density at radius 1 is 1.26 bits per heavy atom. The number of likely N-dealkylation sites (tertiary alicyclic amines) is 1. The molecule has 0 N–H and O–H groups in total. The molecule has 4 rings (SSSR count). The summed E-state index contributed by atoms with van der Waals surface area (Å²) in [6, 6.07) is 3.08. The fourth-order valence-corrected chi connectivity index (χ4v) is 3.13. The zero-order valence-corrected chi connectivity index (χ0v) is 12.4. The maximum atomic E-state index is 13.2. The quantitative estimate of drug-likeness (QED) is 0.852. The van der Waals surface area contributed by atoms with Gasteiger partial charge >= 0.3 is 0 Å². The van der Waals surface area contributed by atoms with Gasteiger partial charge in [-0.15, -0.1) is 0 Å². The highest BCUT2D eigenvalue weighted by molar-refractivity contribution is 5.95. The summed E-state index contributed by atoms with van der Waals surface area (Å²) in [6.07, 6.45) is 2.52. The Morgan fingerprint density at radius 2 is 2.00 bits per heavy atom. The van der Waals surface area contributed by atoms with Crippen LogP contribution >= 0.6 is 0 Å². The molecular formula is C16H16F2N2O3. The fraction of sp³-hybridized carbons (Fsp3) is 0.500. The molecule has 0 bridgehead atoms. The number of carbonyl (C=O) groups excluding carboxylic acids is 2. The zero-order valence-electron chi connectivity index (χ0n) is 12.4. The van der Waals surface area contributed by atoms with E-state index < -0.39 is 17.2 Å². The van der Waals surface area contributed by atoms with Gasteiger partial charge in [0.2, 0.25) is 5.91 Å². The molecule has 2 heterocycles. The molecule has 5 nitrogen and oxygen atoms in total. The monoisotopic (exact) mass is 322 g/mol. The molecule has 1 spiro atoms. The highest BCUT2D eigenvalue weighted by Crippen LogP contribution is 2.39. The zero-order chi connectivity index (χ0) is 16.2. The Kier molecular flexibility index (Phi) is 3.16. The second-order valence-corrected chi connectivity index (χ2v) is 6.64. The first-order valence-electron chi connectivity index (χ1n) is 7.70. The molecule has 0 aromatic heterocycles. The van der Waals surface area contributed by atoms with Crippen LogP contribution in [0.1, 0.15) is 29.6 Å². The van der Waals surface area contributed by atoms with Crippen molar-refractivity contribution in [3.8, 4) is 0 Å². The van der Waals surface area contributed by atoms with Gasteiger partial charge in [-0.2, -0.15) is 0 Å². The predicted octanol–water partition coefficient (Wildman–Crippen LogP) is 1.73. The first-order chi connectivity index (χ1) is 11.0. The van der Waals surface area contributed by atoms with Crippen LogP contribution in [0.5, 0.6) is 0 Å². The first kappa shape index (κ1) is 14.6. The van der Waals surface area contributed by atoms with Crippen LogP contribution in [0.2, 0.25) is 0 Å². The third kappa shape index (κ3) is 2.59. The van der Waals surface area contributed by atoms with Gasteiger partial charge in [0.15, 0.2) is 11.6 Å². The molecule has 0 radical (unpaired) electrons. The van der Waals surface area contributed by atoms with Crippen molar-refractivity contribution in [2.24, 2.45) is 5.92 Å². The van der Waals surface area contributed by atoms with E-state index in [0.29, 0.717) is 12.5 Å². The van der Waals surface area contributed by atoms with Crippen LogP contribution in [0.3, 0.4) is 0 Å². The van der Waals surface area contributed by atoms with E-state index in [2.05, 4.69) is 0 Å². The van der Waals surface area contributed by atoms with Gasteiger partial charge in [-0.3, -0.25) is 14.4 Å². The molecule has 7 heteroatoms. The van der Waals surface area contributed by atoms with E-state index in [0.717, 1.165) is 25.0 Å². The molecule has 0 atom stereocenters. The second-order valence-electron chi connectivity index (χ2n) is 6.64. The Bertz CT molecular complexity index is 684. The average Bonchev–Trinajstić information content (AvgIpc) is 3.23. The molecule has 1 aromatic rings. The van der Waals surface area contributed by atoms with Crippen molar-refractivity contribution in [2.75, 3.05) is 19.6 Å². The van der Waals surface area contributed by atoms with E-state index in [9.17, 15) is 18.4 Å². The van der Waals surface area contributed by atoms with E-state index in [1.807, 2.05) is 0 Å². The molecule has 1 saturated carbocycles. The van der Waals surface area contributed by atoms with E-state index in [-0.39, 0.29) is 36.9 Å². The second kappa shape index (κ2) is 4.99. The van der Waals surface area contributed by atoms with Gasteiger partial charge in [-0.25, -0.2) is 13.8 Å². The van der Waals surface area contributed by atoms with Crippen LogP contribution in [0.4, 0.5) is 8.78 Å². The van der Waals surface area contributed by atoms with E-state index in [1.54, 1.807) is 0 Å².